The standard InChI is InChI=1S/C23H15Br2N3O2/c24-13-5-7-20-16(9-13)18(11-26-20)23(15-3-1-2-4-22(15)28(29)30)19-12-27-21-8-6-14(25)10-17(19)21/h1-12,23,26-27H. The van der Waals surface area contributed by atoms with Crippen LogP contribution in [0.15, 0.2) is 82.0 Å². The molecule has 2 heterocycles. The van der Waals surface area contributed by atoms with Crippen molar-refractivity contribution in [3.05, 3.63) is 109 Å². The zero-order valence-corrected chi connectivity index (χ0v) is 18.7. The molecule has 0 unspecified atom stereocenters. The van der Waals surface area contributed by atoms with Gasteiger partial charge in [0, 0.05) is 60.7 Å². The maximum atomic E-state index is 11.9. The van der Waals surface area contributed by atoms with Crippen LogP contribution in [0.3, 0.4) is 0 Å². The van der Waals surface area contributed by atoms with E-state index in [0.29, 0.717) is 5.56 Å². The summed E-state index contributed by atoms with van der Waals surface area (Å²) in [6.07, 6.45) is 3.91. The molecule has 0 aliphatic heterocycles. The predicted octanol–water partition coefficient (Wildman–Crippen LogP) is 7.26. The number of nitro benzene ring substituents is 1. The minimum Gasteiger partial charge on any atom is -0.361 e. The average molecular weight is 525 g/mol. The van der Waals surface area contributed by atoms with Crippen LogP contribution >= 0.6 is 31.9 Å². The van der Waals surface area contributed by atoms with E-state index in [1.54, 1.807) is 12.1 Å². The topological polar surface area (TPSA) is 74.7 Å². The molecule has 0 fully saturated rings. The number of aromatic nitrogens is 2. The number of nitrogens with one attached hydrogen (secondary N) is 2. The fraction of sp³-hybridized carbons (Fsp3) is 0.0435. The van der Waals surface area contributed by atoms with E-state index in [2.05, 4.69) is 41.8 Å². The molecule has 2 aromatic heterocycles. The van der Waals surface area contributed by atoms with E-state index < -0.39 is 0 Å². The second-order valence-electron chi connectivity index (χ2n) is 7.12. The van der Waals surface area contributed by atoms with Gasteiger partial charge in [0.2, 0.25) is 0 Å². The van der Waals surface area contributed by atoms with Crippen LogP contribution in [-0.4, -0.2) is 14.9 Å². The van der Waals surface area contributed by atoms with E-state index in [4.69, 9.17) is 0 Å². The van der Waals surface area contributed by atoms with Gasteiger partial charge in [0.15, 0.2) is 0 Å². The van der Waals surface area contributed by atoms with Crippen LogP contribution in [0.1, 0.15) is 22.6 Å². The number of rotatable bonds is 4. The Balaban J connectivity index is 1.86. The average Bonchev–Trinajstić information content (AvgIpc) is 3.33. The van der Waals surface area contributed by atoms with Crippen molar-refractivity contribution in [2.45, 2.75) is 5.92 Å². The highest BCUT2D eigenvalue weighted by Gasteiger charge is 2.29. The summed E-state index contributed by atoms with van der Waals surface area (Å²) in [5, 5.41) is 13.9. The summed E-state index contributed by atoms with van der Waals surface area (Å²) >= 11 is 7.12. The molecular weight excluding hydrogens is 510 g/mol. The molecular formula is C23H15Br2N3O2. The molecule has 5 rings (SSSR count). The first-order chi connectivity index (χ1) is 14.5. The second kappa shape index (κ2) is 7.41. The van der Waals surface area contributed by atoms with Gasteiger partial charge in [-0.2, -0.15) is 0 Å². The summed E-state index contributed by atoms with van der Waals surface area (Å²) in [6, 6.07) is 19.0. The van der Waals surface area contributed by atoms with Crippen molar-refractivity contribution in [2.75, 3.05) is 0 Å². The highest BCUT2D eigenvalue weighted by molar-refractivity contribution is 9.10. The maximum absolute atomic E-state index is 11.9. The molecule has 2 N–H and O–H groups in total. The van der Waals surface area contributed by atoms with E-state index in [1.807, 2.05) is 60.9 Å². The van der Waals surface area contributed by atoms with E-state index in [1.165, 1.54) is 0 Å². The van der Waals surface area contributed by atoms with E-state index in [0.717, 1.165) is 41.9 Å². The van der Waals surface area contributed by atoms with Gasteiger partial charge in [-0.1, -0.05) is 50.1 Å². The van der Waals surface area contributed by atoms with Gasteiger partial charge in [0.25, 0.3) is 5.69 Å². The van der Waals surface area contributed by atoms with Gasteiger partial charge in [0.1, 0.15) is 0 Å². The zero-order chi connectivity index (χ0) is 20.8. The molecule has 5 aromatic rings. The number of halogens is 2. The molecule has 0 amide bonds. The minimum absolute atomic E-state index is 0.108. The SMILES string of the molecule is O=[N+]([O-])c1ccccc1C(c1c[nH]c2ccc(Br)cc12)c1c[nH]c2ccc(Br)cc12. The normalized spacial score (nSPS) is 11.6. The number of hydrogen-bond acceptors (Lipinski definition) is 2. The van der Waals surface area contributed by atoms with Crippen LogP contribution in [0, 0.1) is 10.1 Å². The number of hydrogen-bond donors (Lipinski definition) is 2. The van der Waals surface area contributed by atoms with Crippen molar-refractivity contribution in [3.8, 4) is 0 Å². The summed E-state index contributed by atoms with van der Waals surface area (Å²) in [4.78, 5) is 18.2. The third-order valence-electron chi connectivity index (χ3n) is 5.42. The van der Waals surface area contributed by atoms with Gasteiger partial charge in [-0.3, -0.25) is 10.1 Å². The summed E-state index contributed by atoms with van der Waals surface area (Å²) in [6.45, 7) is 0. The molecule has 0 atom stereocenters. The van der Waals surface area contributed by atoms with Gasteiger partial charge < -0.3 is 9.97 Å². The molecule has 0 spiro atoms. The number of para-hydroxylation sites is 1. The van der Waals surface area contributed by atoms with Gasteiger partial charge in [-0.15, -0.1) is 0 Å². The van der Waals surface area contributed by atoms with Crippen molar-refractivity contribution in [3.63, 3.8) is 0 Å². The molecule has 0 aliphatic rings. The van der Waals surface area contributed by atoms with Crippen molar-refractivity contribution >= 4 is 59.4 Å². The molecule has 7 heteroatoms. The van der Waals surface area contributed by atoms with Crippen LogP contribution in [0.5, 0.6) is 0 Å². The van der Waals surface area contributed by atoms with Gasteiger partial charge in [-0.05, 0) is 47.5 Å². The largest absolute Gasteiger partial charge is 0.361 e. The van der Waals surface area contributed by atoms with Crippen LogP contribution in [0.25, 0.3) is 21.8 Å². The highest BCUT2D eigenvalue weighted by atomic mass is 79.9. The Bertz CT molecular complexity index is 1340. The van der Waals surface area contributed by atoms with Crippen molar-refractivity contribution in [1.29, 1.82) is 0 Å². The number of H-pyrrole nitrogens is 2. The molecule has 30 heavy (non-hydrogen) atoms. The predicted molar refractivity (Wildman–Crippen MR) is 126 cm³/mol. The second-order valence-corrected chi connectivity index (χ2v) is 8.95. The third kappa shape index (κ3) is 3.14. The number of fused-ring (bicyclic) bond motifs is 2. The van der Waals surface area contributed by atoms with E-state index in [9.17, 15) is 10.1 Å². The Labute approximate surface area is 188 Å². The highest BCUT2D eigenvalue weighted by Crippen LogP contribution is 2.43. The summed E-state index contributed by atoms with van der Waals surface area (Å²) in [5.74, 6) is -0.322. The van der Waals surface area contributed by atoms with Crippen LogP contribution in [0.2, 0.25) is 0 Å². The molecule has 0 radical (unpaired) electrons. The number of nitro groups is 1. The molecule has 0 saturated carbocycles. The lowest BCUT2D eigenvalue weighted by atomic mass is 9.84. The number of nitrogens with zero attached hydrogens (tertiary/aromatic N) is 1. The number of benzene rings is 3. The van der Waals surface area contributed by atoms with Crippen molar-refractivity contribution in [1.82, 2.24) is 9.97 Å². The fourth-order valence-corrected chi connectivity index (χ4v) is 4.83. The molecule has 0 bridgehead atoms. The Morgan fingerprint density at radius 1 is 0.767 bits per heavy atom. The van der Waals surface area contributed by atoms with E-state index in [-0.39, 0.29) is 16.5 Å². The Hall–Kier alpha value is -2.90. The number of aromatic amines is 2. The van der Waals surface area contributed by atoms with Gasteiger partial charge >= 0.3 is 0 Å². The summed E-state index contributed by atoms with van der Waals surface area (Å²) < 4.78 is 1.91. The first-order valence-electron chi connectivity index (χ1n) is 9.29. The molecule has 5 nitrogen and oxygen atoms in total. The quantitative estimate of drug-likeness (QED) is 0.192. The van der Waals surface area contributed by atoms with Gasteiger partial charge in [-0.25, -0.2) is 0 Å². The Morgan fingerprint density at radius 2 is 1.30 bits per heavy atom. The first kappa shape index (κ1) is 19.1. The maximum Gasteiger partial charge on any atom is 0.273 e. The zero-order valence-electron chi connectivity index (χ0n) is 15.5. The monoisotopic (exact) mass is 523 g/mol. The third-order valence-corrected chi connectivity index (χ3v) is 6.40. The lowest BCUT2D eigenvalue weighted by Gasteiger charge is -2.17. The van der Waals surface area contributed by atoms with E-state index >= 15 is 0 Å². The van der Waals surface area contributed by atoms with Crippen LogP contribution in [0.4, 0.5) is 5.69 Å². The molecule has 0 aliphatic carbocycles. The molecule has 148 valence electrons. The fourth-order valence-electron chi connectivity index (χ4n) is 4.11. The van der Waals surface area contributed by atoms with Crippen molar-refractivity contribution in [2.24, 2.45) is 0 Å². The Morgan fingerprint density at radius 3 is 1.83 bits per heavy atom. The summed E-state index contributed by atoms with van der Waals surface area (Å²) in [5.41, 5.74) is 4.71. The lowest BCUT2D eigenvalue weighted by Crippen LogP contribution is -2.06. The molecule has 3 aromatic carbocycles. The first-order valence-corrected chi connectivity index (χ1v) is 10.9. The smallest absolute Gasteiger partial charge is 0.273 e. The minimum atomic E-state index is -0.322. The molecule has 0 saturated heterocycles. The Kier molecular flexibility index (Phi) is 4.72. The summed E-state index contributed by atoms with van der Waals surface area (Å²) in [7, 11) is 0. The lowest BCUT2D eigenvalue weighted by molar-refractivity contribution is -0.385. The van der Waals surface area contributed by atoms with Crippen molar-refractivity contribution < 1.29 is 4.92 Å². The van der Waals surface area contributed by atoms with Crippen LogP contribution in [-0.2, 0) is 0 Å². The van der Waals surface area contributed by atoms with Crippen LogP contribution < -0.4 is 0 Å². The van der Waals surface area contributed by atoms with Gasteiger partial charge in [0.05, 0.1) is 4.92 Å².